The molecular formula is C11H19NO2. The summed E-state index contributed by atoms with van der Waals surface area (Å²) in [5.41, 5.74) is 0. The zero-order valence-corrected chi connectivity index (χ0v) is 9.03. The summed E-state index contributed by atoms with van der Waals surface area (Å²) in [5, 5.41) is 0. The monoisotopic (exact) mass is 197 g/mol. The zero-order valence-electron chi connectivity index (χ0n) is 9.03. The molecule has 2 rings (SSSR count). The Hall–Kier alpha value is -0.570. The Morgan fingerprint density at radius 3 is 2.36 bits per heavy atom. The Balaban J connectivity index is 2.12. The van der Waals surface area contributed by atoms with Gasteiger partial charge in [0.1, 0.15) is 0 Å². The number of ether oxygens (including phenoxy) is 1. The minimum Gasteiger partial charge on any atom is -0.377 e. The van der Waals surface area contributed by atoms with Crippen molar-refractivity contribution in [2.45, 2.75) is 45.2 Å². The predicted octanol–water partition coefficient (Wildman–Crippen LogP) is 1.42. The van der Waals surface area contributed by atoms with Crippen LogP contribution in [0.4, 0.5) is 0 Å². The van der Waals surface area contributed by atoms with Gasteiger partial charge in [-0.1, -0.05) is 13.8 Å². The molecule has 0 N–H and O–H groups in total. The number of hydrogen-bond acceptors (Lipinski definition) is 2. The number of carbonyl (C=O) groups is 1. The van der Waals surface area contributed by atoms with Gasteiger partial charge in [0, 0.05) is 5.92 Å². The number of fused-ring (bicyclic) bond motifs is 2. The van der Waals surface area contributed by atoms with Gasteiger partial charge in [-0.2, -0.15) is 0 Å². The smallest absolute Gasteiger partial charge is 0.225 e. The number of rotatable bonds is 1. The van der Waals surface area contributed by atoms with Gasteiger partial charge in [-0.05, 0) is 19.3 Å². The molecule has 0 aromatic rings. The van der Waals surface area contributed by atoms with Gasteiger partial charge in [0.25, 0.3) is 0 Å². The van der Waals surface area contributed by atoms with Gasteiger partial charge in [-0.3, -0.25) is 4.79 Å². The molecule has 0 aliphatic carbocycles. The van der Waals surface area contributed by atoms with Crippen LogP contribution in [0.3, 0.4) is 0 Å². The molecule has 0 spiro atoms. The van der Waals surface area contributed by atoms with Crippen LogP contribution in [0.5, 0.6) is 0 Å². The van der Waals surface area contributed by atoms with Crippen molar-refractivity contribution < 1.29 is 9.53 Å². The number of amides is 1. The number of piperidine rings is 1. The van der Waals surface area contributed by atoms with Crippen LogP contribution in [0.2, 0.25) is 0 Å². The van der Waals surface area contributed by atoms with Crippen LogP contribution in [-0.2, 0) is 9.53 Å². The summed E-state index contributed by atoms with van der Waals surface area (Å²) >= 11 is 0. The molecule has 2 atom stereocenters. The molecule has 80 valence electrons. The van der Waals surface area contributed by atoms with E-state index in [2.05, 4.69) is 4.90 Å². The molecular weight excluding hydrogens is 178 g/mol. The highest BCUT2D eigenvalue weighted by Gasteiger charge is 2.38. The summed E-state index contributed by atoms with van der Waals surface area (Å²) < 4.78 is 5.50. The van der Waals surface area contributed by atoms with Crippen LogP contribution in [0.1, 0.15) is 33.1 Å². The highest BCUT2D eigenvalue weighted by Crippen LogP contribution is 2.28. The Labute approximate surface area is 85.4 Å². The lowest BCUT2D eigenvalue weighted by Crippen LogP contribution is -2.58. The molecule has 2 aliphatic heterocycles. The van der Waals surface area contributed by atoms with Crippen molar-refractivity contribution in [2.24, 2.45) is 5.92 Å². The molecule has 0 radical (unpaired) electrons. The van der Waals surface area contributed by atoms with E-state index >= 15 is 0 Å². The number of nitrogens with zero attached hydrogens (tertiary/aromatic N) is 1. The van der Waals surface area contributed by atoms with Gasteiger partial charge in [0.15, 0.2) is 0 Å². The first-order chi connectivity index (χ1) is 6.70. The van der Waals surface area contributed by atoms with Crippen LogP contribution in [-0.4, -0.2) is 36.1 Å². The summed E-state index contributed by atoms with van der Waals surface area (Å²) in [6, 6.07) is 0.717. The molecule has 0 aromatic carbocycles. The number of morpholine rings is 1. The van der Waals surface area contributed by atoms with E-state index in [0.717, 1.165) is 26.1 Å². The van der Waals surface area contributed by atoms with Crippen molar-refractivity contribution in [3.63, 3.8) is 0 Å². The molecule has 3 heteroatoms. The number of hydrogen-bond donors (Lipinski definition) is 0. The van der Waals surface area contributed by atoms with E-state index in [0.29, 0.717) is 18.0 Å². The van der Waals surface area contributed by atoms with Gasteiger partial charge >= 0.3 is 0 Å². The quantitative estimate of drug-likeness (QED) is 0.636. The fourth-order valence-electron chi connectivity index (χ4n) is 2.49. The van der Waals surface area contributed by atoms with E-state index in [1.54, 1.807) is 0 Å². The first-order valence-corrected chi connectivity index (χ1v) is 5.60. The normalized spacial score (nSPS) is 32.1. The minimum atomic E-state index is 0.121. The fraction of sp³-hybridized carbons (Fsp3) is 0.909. The summed E-state index contributed by atoms with van der Waals surface area (Å²) in [6.07, 6.45) is 3.49. The molecule has 2 bridgehead atoms. The lowest BCUT2D eigenvalue weighted by Gasteiger charge is -2.46. The second-order valence-corrected chi connectivity index (χ2v) is 4.68. The van der Waals surface area contributed by atoms with E-state index in [1.165, 1.54) is 6.42 Å². The van der Waals surface area contributed by atoms with Crippen molar-refractivity contribution in [1.82, 2.24) is 4.90 Å². The Kier molecular flexibility index (Phi) is 2.77. The van der Waals surface area contributed by atoms with E-state index in [1.807, 2.05) is 13.8 Å². The van der Waals surface area contributed by atoms with E-state index < -0.39 is 0 Å². The first-order valence-electron chi connectivity index (χ1n) is 5.60. The minimum absolute atomic E-state index is 0.121. The van der Waals surface area contributed by atoms with Gasteiger partial charge < -0.3 is 9.64 Å². The summed E-state index contributed by atoms with van der Waals surface area (Å²) in [7, 11) is 0. The lowest BCUT2D eigenvalue weighted by atomic mass is 9.93. The van der Waals surface area contributed by atoms with Crippen LogP contribution >= 0.6 is 0 Å². The summed E-state index contributed by atoms with van der Waals surface area (Å²) in [6.45, 7) is 5.45. The van der Waals surface area contributed by atoms with Crippen molar-refractivity contribution in [3.8, 4) is 0 Å². The van der Waals surface area contributed by atoms with Crippen molar-refractivity contribution >= 4 is 5.91 Å². The van der Waals surface area contributed by atoms with Crippen molar-refractivity contribution in [1.29, 1.82) is 0 Å². The molecule has 2 unspecified atom stereocenters. The van der Waals surface area contributed by atoms with Gasteiger partial charge in [-0.25, -0.2) is 0 Å². The van der Waals surface area contributed by atoms with Crippen LogP contribution in [0.25, 0.3) is 0 Å². The second kappa shape index (κ2) is 3.89. The molecule has 2 fully saturated rings. The average molecular weight is 197 g/mol. The maximum absolute atomic E-state index is 12.0. The molecule has 2 saturated heterocycles. The molecule has 1 amide bonds. The molecule has 2 aliphatic rings. The van der Waals surface area contributed by atoms with Gasteiger partial charge in [0.05, 0.1) is 25.3 Å². The highest BCUT2D eigenvalue weighted by molar-refractivity contribution is 5.79. The highest BCUT2D eigenvalue weighted by atomic mass is 16.5. The standard InChI is InChI=1S/C11H19NO2/c1-8(2)11(13)12-9-4-3-5-10(12)7-14-6-9/h8-10H,3-7H2,1-2H3. The third kappa shape index (κ3) is 1.65. The largest absolute Gasteiger partial charge is 0.377 e. The van der Waals surface area contributed by atoms with Crippen LogP contribution in [0, 0.1) is 5.92 Å². The van der Waals surface area contributed by atoms with Crippen molar-refractivity contribution in [2.75, 3.05) is 13.2 Å². The Morgan fingerprint density at radius 2 is 1.86 bits per heavy atom. The Morgan fingerprint density at radius 1 is 1.29 bits per heavy atom. The zero-order chi connectivity index (χ0) is 10.1. The lowest BCUT2D eigenvalue weighted by molar-refractivity contribution is -0.153. The van der Waals surface area contributed by atoms with E-state index in [4.69, 9.17) is 4.74 Å². The van der Waals surface area contributed by atoms with E-state index in [9.17, 15) is 4.79 Å². The molecule has 14 heavy (non-hydrogen) atoms. The molecule has 0 aromatic heterocycles. The third-order valence-corrected chi connectivity index (χ3v) is 3.23. The Bertz CT molecular complexity index is 205. The SMILES string of the molecule is CC(C)C(=O)N1C2CCCC1COC2. The number of carbonyl (C=O) groups excluding carboxylic acids is 1. The van der Waals surface area contributed by atoms with Gasteiger partial charge in [0.2, 0.25) is 5.91 Å². The molecule has 0 saturated carbocycles. The molecule has 2 heterocycles. The molecule has 3 nitrogen and oxygen atoms in total. The van der Waals surface area contributed by atoms with E-state index in [-0.39, 0.29) is 5.92 Å². The maximum atomic E-state index is 12.0. The fourth-order valence-corrected chi connectivity index (χ4v) is 2.49. The summed E-state index contributed by atoms with van der Waals surface area (Å²) in [5.74, 6) is 0.430. The van der Waals surface area contributed by atoms with Crippen LogP contribution in [0.15, 0.2) is 0 Å². The maximum Gasteiger partial charge on any atom is 0.225 e. The third-order valence-electron chi connectivity index (χ3n) is 3.23. The average Bonchev–Trinajstić information content (AvgIpc) is 2.15. The van der Waals surface area contributed by atoms with Gasteiger partial charge in [-0.15, -0.1) is 0 Å². The summed E-state index contributed by atoms with van der Waals surface area (Å²) in [4.78, 5) is 14.1. The predicted molar refractivity (Wildman–Crippen MR) is 53.9 cm³/mol. The first kappa shape index (κ1) is 9.97. The van der Waals surface area contributed by atoms with Crippen LogP contribution < -0.4 is 0 Å². The van der Waals surface area contributed by atoms with Crippen molar-refractivity contribution in [3.05, 3.63) is 0 Å². The second-order valence-electron chi connectivity index (χ2n) is 4.68. The topological polar surface area (TPSA) is 29.5 Å².